The van der Waals surface area contributed by atoms with E-state index in [0.717, 1.165) is 17.1 Å². The van der Waals surface area contributed by atoms with Crippen LogP contribution in [0.2, 0.25) is 5.02 Å². The fraction of sp³-hybridized carbons (Fsp3) is 0.0833. The number of aromatic nitrogens is 1. The number of hydrogen-bond donors (Lipinski definition) is 2. The summed E-state index contributed by atoms with van der Waals surface area (Å²) >= 11 is 6.10. The number of nitrogen functional groups attached to an aromatic ring is 1. The van der Waals surface area contributed by atoms with Crippen molar-refractivity contribution in [2.45, 2.75) is 6.92 Å². The molecule has 0 fully saturated rings. The maximum Gasteiger partial charge on any atom is 0.130 e. The second-order valence-electron chi connectivity index (χ2n) is 3.56. The number of aryl methyl sites for hydroxylation is 1. The summed E-state index contributed by atoms with van der Waals surface area (Å²) in [4.78, 5) is 4.16. The third-order valence-electron chi connectivity index (χ3n) is 2.17. The first-order chi connectivity index (χ1) is 7.66. The van der Waals surface area contributed by atoms with Crippen LogP contribution in [0.3, 0.4) is 0 Å². The van der Waals surface area contributed by atoms with Gasteiger partial charge in [0.1, 0.15) is 5.82 Å². The van der Waals surface area contributed by atoms with Crippen molar-refractivity contribution in [1.29, 1.82) is 0 Å². The van der Waals surface area contributed by atoms with Gasteiger partial charge < -0.3 is 11.1 Å². The van der Waals surface area contributed by atoms with Crippen molar-refractivity contribution in [3.05, 3.63) is 47.1 Å². The molecule has 2 rings (SSSR count). The lowest BCUT2D eigenvalue weighted by molar-refractivity contribution is 1.30. The van der Waals surface area contributed by atoms with Crippen molar-refractivity contribution in [1.82, 2.24) is 4.98 Å². The van der Waals surface area contributed by atoms with E-state index in [1.807, 2.05) is 37.3 Å². The van der Waals surface area contributed by atoms with E-state index >= 15 is 0 Å². The highest BCUT2D eigenvalue weighted by molar-refractivity contribution is 6.35. The van der Waals surface area contributed by atoms with Gasteiger partial charge in [-0.25, -0.2) is 4.98 Å². The third-order valence-corrected chi connectivity index (χ3v) is 2.59. The molecule has 3 nitrogen and oxygen atoms in total. The monoisotopic (exact) mass is 233 g/mol. The van der Waals surface area contributed by atoms with Gasteiger partial charge in [0, 0.05) is 6.20 Å². The lowest BCUT2D eigenvalue weighted by atomic mass is 10.2. The van der Waals surface area contributed by atoms with Crippen molar-refractivity contribution in [3.8, 4) is 0 Å². The predicted octanol–water partition coefficient (Wildman–Crippen LogP) is 3.37. The first-order valence-corrected chi connectivity index (χ1v) is 5.28. The smallest absolute Gasteiger partial charge is 0.130 e. The molecular formula is C12H12ClN3. The van der Waals surface area contributed by atoms with Crippen LogP contribution < -0.4 is 11.1 Å². The molecule has 3 N–H and O–H groups in total. The second kappa shape index (κ2) is 4.41. The number of nitrogens with zero attached hydrogens (tertiary/aromatic N) is 1. The maximum atomic E-state index is 6.10. The van der Waals surface area contributed by atoms with Gasteiger partial charge in [-0.3, -0.25) is 0 Å². The van der Waals surface area contributed by atoms with Gasteiger partial charge in [0.15, 0.2) is 0 Å². The quantitative estimate of drug-likeness (QED) is 0.782. The van der Waals surface area contributed by atoms with E-state index in [0.29, 0.717) is 10.7 Å². The van der Waals surface area contributed by atoms with Gasteiger partial charge in [-0.05, 0) is 36.8 Å². The molecule has 0 aliphatic rings. The normalized spacial score (nSPS) is 10.1. The van der Waals surface area contributed by atoms with E-state index in [1.54, 1.807) is 6.20 Å². The van der Waals surface area contributed by atoms with Gasteiger partial charge in [-0.1, -0.05) is 17.7 Å². The number of benzene rings is 1. The van der Waals surface area contributed by atoms with Crippen molar-refractivity contribution in [2.75, 3.05) is 11.1 Å². The van der Waals surface area contributed by atoms with E-state index in [9.17, 15) is 0 Å². The summed E-state index contributed by atoms with van der Waals surface area (Å²) in [5.74, 6) is 0.745. The van der Waals surface area contributed by atoms with Gasteiger partial charge >= 0.3 is 0 Å². The zero-order chi connectivity index (χ0) is 11.5. The molecule has 0 atom stereocenters. The van der Waals surface area contributed by atoms with Crippen LogP contribution in [0.1, 0.15) is 5.56 Å². The molecule has 0 saturated heterocycles. The molecule has 0 bridgehead atoms. The summed E-state index contributed by atoms with van der Waals surface area (Å²) in [6.07, 6.45) is 1.72. The zero-order valence-electron chi connectivity index (χ0n) is 8.87. The van der Waals surface area contributed by atoms with Gasteiger partial charge in [0.05, 0.1) is 16.4 Å². The highest BCUT2D eigenvalue weighted by Crippen LogP contribution is 2.31. The number of nitrogens with one attached hydrogen (secondary N) is 1. The molecule has 2 aromatic rings. The molecule has 16 heavy (non-hydrogen) atoms. The lowest BCUT2D eigenvalue weighted by Gasteiger charge is -2.10. The Morgan fingerprint density at radius 3 is 2.81 bits per heavy atom. The zero-order valence-corrected chi connectivity index (χ0v) is 9.62. The van der Waals surface area contributed by atoms with Gasteiger partial charge in [-0.15, -0.1) is 0 Å². The molecule has 0 amide bonds. The minimum absolute atomic E-state index is 0.524. The van der Waals surface area contributed by atoms with Crippen LogP contribution in [0.25, 0.3) is 0 Å². The number of pyridine rings is 1. The number of anilines is 3. The number of rotatable bonds is 2. The number of nitrogens with two attached hydrogens (primary N) is 1. The summed E-state index contributed by atoms with van der Waals surface area (Å²) in [7, 11) is 0. The van der Waals surface area contributed by atoms with Crippen molar-refractivity contribution in [3.63, 3.8) is 0 Å². The molecule has 1 heterocycles. The molecule has 0 spiro atoms. The van der Waals surface area contributed by atoms with Crippen LogP contribution in [-0.2, 0) is 0 Å². The predicted molar refractivity (Wildman–Crippen MR) is 68.1 cm³/mol. The van der Waals surface area contributed by atoms with E-state index in [2.05, 4.69) is 10.3 Å². The minimum Gasteiger partial charge on any atom is -0.397 e. The average Bonchev–Trinajstić information content (AvgIpc) is 2.27. The van der Waals surface area contributed by atoms with Crippen LogP contribution in [0, 0.1) is 6.92 Å². The Hall–Kier alpha value is -1.74. The van der Waals surface area contributed by atoms with Gasteiger partial charge in [0.25, 0.3) is 0 Å². The summed E-state index contributed by atoms with van der Waals surface area (Å²) in [5, 5.41) is 3.66. The molecule has 0 aliphatic heterocycles. The summed E-state index contributed by atoms with van der Waals surface area (Å²) < 4.78 is 0. The second-order valence-corrected chi connectivity index (χ2v) is 3.93. The van der Waals surface area contributed by atoms with E-state index in [4.69, 9.17) is 17.3 Å². The number of halogens is 1. The Bertz CT molecular complexity index is 497. The highest BCUT2D eigenvalue weighted by Gasteiger charge is 2.05. The van der Waals surface area contributed by atoms with Gasteiger partial charge in [-0.2, -0.15) is 0 Å². The molecule has 1 aromatic carbocycles. The Balaban J connectivity index is 2.35. The van der Waals surface area contributed by atoms with Crippen LogP contribution in [0.4, 0.5) is 17.2 Å². The van der Waals surface area contributed by atoms with E-state index < -0.39 is 0 Å². The largest absolute Gasteiger partial charge is 0.397 e. The molecule has 0 unspecified atom stereocenters. The Morgan fingerprint density at radius 1 is 1.31 bits per heavy atom. The molecular weight excluding hydrogens is 222 g/mol. The fourth-order valence-electron chi connectivity index (χ4n) is 1.46. The summed E-state index contributed by atoms with van der Waals surface area (Å²) in [6.45, 7) is 1.97. The molecule has 0 radical (unpaired) electrons. The van der Waals surface area contributed by atoms with Crippen LogP contribution >= 0.6 is 11.6 Å². The topological polar surface area (TPSA) is 50.9 Å². The Morgan fingerprint density at radius 2 is 2.12 bits per heavy atom. The SMILES string of the molecule is Cc1cc(N)c(Cl)c(Nc2ccccn2)c1. The third kappa shape index (κ3) is 2.25. The molecule has 0 aliphatic carbocycles. The highest BCUT2D eigenvalue weighted by atomic mass is 35.5. The lowest BCUT2D eigenvalue weighted by Crippen LogP contribution is -1.97. The van der Waals surface area contributed by atoms with Crippen LogP contribution in [0.15, 0.2) is 36.5 Å². The maximum absolute atomic E-state index is 6.10. The van der Waals surface area contributed by atoms with Crippen LogP contribution in [0.5, 0.6) is 0 Å². The minimum atomic E-state index is 0.524. The standard InChI is InChI=1S/C12H12ClN3/c1-8-6-9(14)12(13)10(7-8)16-11-4-2-3-5-15-11/h2-7H,14H2,1H3,(H,15,16). The molecule has 4 heteroatoms. The van der Waals surface area contributed by atoms with Crippen LogP contribution in [-0.4, -0.2) is 4.98 Å². The number of hydrogen-bond acceptors (Lipinski definition) is 3. The first-order valence-electron chi connectivity index (χ1n) is 4.90. The van der Waals surface area contributed by atoms with E-state index in [1.165, 1.54) is 0 Å². The Kier molecular flexibility index (Phi) is 2.97. The summed E-state index contributed by atoms with van der Waals surface area (Å²) in [6, 6.07) is 9.41. The average molecular weight is 234 g/mol. The summed E-state index contributed by atoms with van der Waals surface area (Å²) in [5.41, 5.74) is 8.18. The van der Waals surface area contributed by atoms with Crippen molar-refractivity contribution in [2.24, 2.45) is 0 Å². The Labute approximate surface area is 99.3 Å². The molecule has 0 saturated carbocycles. The van der Waals surface area contributed by atoms with Gasteiger partial charge in [0.2, 0.25) is 0 Å². The van der Waals surface area contributed by atoms with E-state index in [-0.39, 0.29) is 0 Å². The van der Waals surface area contributed by atoms with Crippen molar-refractivity contribution < 1.29 is 0 Å². The molecule has 82 valence electrons. The first kappa shape index (κ1) is 10.8. The molecule has 1 aromatic heterocycles. The van der Waals surface area contributed by atoms with Crippen molar-refractivity contribution >= 4 is 28.8 Å². The fourth-order valence-corrected chi connectivity index (χ4v) is 1.62.